The normalized spacial score (nSPS) is 22.7. The van der Waals surface area contributed by atoms with E-state index in [1.807, 2.05) is 19.9 Å². The van der Waals surface area contributed by atoms with Crippen LogP contribution in [0.15, 0.2) is 12.3 Å². The third-order valence-electron chi connectivity index (χ3n) is 4.30. The largest absolute Gasteiger partial charge is 0.334 e. The number of carbonyl (C=O) groups excluding carboxylic acids is 2. The van der Waals surface area contributed by atoms with Crippen LogP contribution in [0.4, 0.5) is 8.78 Å². The van der Waals surface area contributed by atoms with Crippen LogP contribution in [0.5, 0.6) is 0 Å². The lowest BCUT2D eigenvalue weighted by Gasteiger charge is -2.40. The second-order valence-corrected chi connectivity index (χ2v) is 6.60. The Labute approximate surface area is 133 Å². The van der Waals surface area contributed by atoms with Gasteiger partial charge >= 0.3 is 0 Å². The molecule has 1 unspecified atom stereocenters. The molecule has 0 bridgehead atoms. The van der Waals surface area contributed by atoms with Crippen LogP contribution in [0.2, 0.25) is 0 Å². The molecule has 0 saturated carbocycles. The molecule has 126 valence electrons. The van der Waals surface area contributed by atoms with E-state index in [0.29, 0.717) is 13.1 Å². The molecule has 0 aromatic carbocycles. The summed E-state index contributed by atoms with van der Waals surface area (Å²) < 4.78 is 27.6. The molecule has 1 atom stereocenters. The van der Waals surface area contributed by atoms with Crippen molar-refractivity contribution in [1.82, 2.24) is 19.6 Å². The highest BCUT2D eigenvalue weighted by Gasteiger charge is 2.46. The number of amides is 2. The first-order valence-electron chi connectivity index (χ1n) is 7.73. The van der Waals surface area contributed by atoms with E-state index in [1.54, 1.807) is 15.8 Å². The molecule has 0 aliphatic carbocycles. The van der Waals surface area contributed by atoms with E-state index in [9.17, 15) is 18.4 Å². The number of hydrogen-bond donors (Lipinski definition) is 0. The Bertz CT molecular complexity index is 621. The van der Waals surface area contributed by atoms with Gasteiger partial charge in [0.1, 0.15) is 0 Å². The second kappa shape index (κ2) is 5.58. The zero-order chi connectivity index (χ0) is 16.8. The van der Waals surface area contributed by atoms with Gasteiger partial charge in [0.2, 0.25) is 11.8 Å². The van der Waals surface area contributed by atoms with Gasteiger partial charge in [-0.05, 0) is 6.07 Å². The van der Waals surface area contributed by atoms with Gasteiger partial charge in [-0.1, -0.05) is 13.8 Å². The Hall–Kier alpha value is -1.99. The number of alkyl halides is 2. The number of fused-ring (bicyclic) bond motifs is 1. The van der Waals surface area contributed by atoms with E-state index in [-0.39, 0.29) is 30.2 Å². The number of carbonyl (C=O) groups is 2. The predicted octanol–water partition coefficient (Wildman–Crippen LogP) is 1.29. The van der Waals surface area contributed by atoms with Gasteiger partial charge in [-0.15, -0.1) is 0 Å². The summed E-state index contributed by atoms with van der Waals surface area (Å²) in [5, 5.41) is 4.22. The standard InChI is InChI=1S/C15H20F2N4O2/c1-10(2)14(23)19-6-11-3-4-18-21(11)12(7-19)5-13(22)20-8-15(16,17)9-20/h3-4,10,12H,5-9H2,1-2H3. The lowest BCUT2D eigenvalue weighted by atomic mass is 10.0. The summed E-state index contributed by atoms with van der Waals surface area (Å²) in [5.74, 6) is -3.19. The molecular weight excluding hydrogens is 306 g/mol. The van der Waals surface area contributed by atoms with Gasteiger partial charge in [-0.25, -0.2) is 8.78 Å². The molecule has 3 heterocycles. The maximum atomic E-state index is 12.9. The first kappa shape index (κ1) is 15.9. The average molecular weight is 326 g/mol. The molecule has 0 N–H and O–H groups in total. The number of halogens is 2. The number of likely N-dealkylation sites (tertiary alicyclic amines) is 1. The van der Waals surface area contributed by atoms with E-state index in [4.69, 9.17) is 0 Å². The van der Waals surface area contributed by atoms with Crippen LogP contribution in [0, 0.1) is 5.92 Å². The van der Waals surface area contributed by atoms with Crippen molar-refractivity contribution in [2.24, 2.45) is 5.92 Å². The summed E-state index contributed by atoms with van der Waals surface area (Å²) in [5.41, 5.74) is 0.858. The molecule has 0 radical (unpaired) electrons. The Morgan fingerprint density at radius 1 is 1.35 bits per heavy atom. The summed E-state index contributed by atoms with van der Waals surface area (Å²) in [6, 6.07) is 1.51. The minimum absolute atomic E-state index is 0.0189. The van der Waals surface area contributed by atoms with Crippen molar-refractivity contribution in [3.63, 3.8) is 0 Å². The Balaban J connectivity index is 1.71. The molecule has 2 aliphatic heterocycles. The van der Waals surface area contributed by atoms with E-state index in [0.717, 1.165) is 10.6 Å². The zero-order valence-corrected chi connectivity index (χ0v) is 13.2. The van der Waals surface area contributed by atoms with Gasteiger partial charge in [-0.2, -0.15) is 5.10 Å². The van der Waals surface area contributed by atoms with E-state index < -0.39 is 19.0 Å². The number of rotatable bonds is 3. The second-order valence-electron chi connectivity index (χ2n) is 6.60. The maximum absolute atomic E-state index is 12.9. The maximum Gasteiger partial charge on any atom is 0.282 e. The van der Waals surface area contributed by atoms with Crippen molar-refractivity contribution in [2.45, 2.75) is 38.8 Å². The van der Waals surface area contributed by atoms with Crippen molar-refractivity contribution in [3.05, 3.63) is 18.0 Å². The minimum Gasteiger partial charge on any atom is -0.334 e. The number of aromatic nitrogens is 2. The Morgan fingerprint density at radius 3 is 2.65 bits per heavy atom. The molecule has 1 aromatic heterocycles. The lowest BCUT2D eigenvalue weighted by Crippen LogP contribution is -2.59. The smallest absolute Gasteiger partial charge is 0.282 e. The van der Waals surface area contributed by atoms with Crippen LogP contribution in [-0.4, -0.2) is 57.0 Å². The van der Waals surface area contributed by atoms with E-state index in [1.165, 1.54) is 0 Å². The fraction of sp³-hybridized carbons (Fsp3) is 0.667. The molecule has 23 heavy (non-hydrogen) atoms. The summed E-state index contributed by atoms with van der Waals surface area (Å²) >= 11 is 0. The average Bonchev–Trinajstić information content (AvgIpc) is 2.92. The van der Waals surface area contributed by atoms with Crippen molar-refractivity contribution in [1.29, 1.82) is 0 Å². The van der Waals surface area contributed by atoms with Gasteiger partial charge in [0.15, 0.2) is 0 Å². The van der Waals surface area contributed by atoms with Gasteiger partial charge in [0.25, 0.3) is 5.92 Å². The summed E-state index contributed by atoms with van der Waals surface area (Å²) in [7, 11) is 0. The molecule has 2 amide bonds. The fourth-order valence-electron chi connectivity index (χ4n) is 3.09. The molecule has 3 rings (SSSR count). The summed E-state index contributed by atoms with van der Waals surface area (Å²) in [6.07, 6.45) is 1.71. The van der Waals surface area contributed by atoms with Crippen LogP contribution in [0.1, 0.15) is 32.0 Å². The Kier molecular flexibility index (Phi) is 3.85. The van der Waals surface area contributed by atoms with Gasteiger partial charge in [0.05, 0.1) is 37.8 Å². The van der Waals surface area contributed by atoms with Crippen LogP contribution < -0.4 is 0 Å². The van der Waals surface area contributed by atoms with Crippen molar-refractivity contribution in [2.75, 3.05) is 19.6 Å². The van der Waals surface area contributed by atoms with Crippen LogP contribution >= 0.6 is 0 Å². The van der Waals surface area contributed by atoms with Crippen molar-refractivity contribution < 1.29 is 18.4 Å². The molecule has 1 fully saturated rings. The monoisotopic (exact) mass is 326 g/mol. The van der Waals surface area contributed by atoms with Crippen LogP contribution in [0.25, 0.3) is 0 Å². The van der Waals surface area contributed by atoms with Crippen molar-refractivity contribution in [3.8, 4) is 0 Å². The molecule has 0 spiro atoms. The first-order valence-corrected chi connectivity index (χ1v) is 7.73. The third-order valence-corrected chi connectivity index (χ3v) is 4.30. The fourth-order valence-corrected chi connectivity index (χ4v) is 3.09. The summed E-state index contributed by atoms with van der Waals surface area (Å²) in [6.45, 7) is 3.47. The predicted molar refractivity (Wildman–Crippen MR) is 77.7 cm³/mol. The van der Waals surface area contributed by atoms with Crippen molar-refractivity contribution >= 4 is 11.8 Å². The minimum atomic E-state index is -2.77. The highest BCUT2D eigenvalue weighted by Crippen LogP contribution is 2.30. The Morgan fingerprint density at radius 2 is 2.04 bits per heavy atom. The van der Waals surface area contributed by atoms with Crippen LogP contribution in [0.3, 0.4) is 0 Å². The molecule has 8 heteroatoms. The third kappa shape index (κ3) is 3.07. The zero-order valence-electron chi connectivity index (χ0n) is 13.2. The van der Waals surface area contributed by atoms with E-state index >= 15 is 0 Å². The quantitative estimate of drug-likeness (QED) is 0.841. The van der Waals surface area contributed by atoms with E-state index in [2.05, 4.69) is 5.10 Å². The lowest BCUT2D eigenvalue weighted by molar-refractivity contribution is -0.166. The molecule has 1 aromatic rings. The molecular formula is C15H20F2N4O2. The van der Waals surface area contributed by atoms with Gasteiger partial charge in [-0.3, -0.25) is 14.3 Å². The van der Waals surface area contributed by atoms with Gasteiger partial charge in [0, 0.05) is 18.7 Å². The molecule has 6 nitrogen and oxygen atoms in total. The topological polar surface area (TPSA) is 58.4 Å². The number of nitrogens with zero attached hydrogens (tertiary/aromatic N) is 4. The molecule has 2 aliphatic rings. The first-order chi connectivity index (χ1) is 10.8. The molecule has 1 saturated heterocycles. The van der Waals surface area contributed by atoms with Gasteiger partial charge < -0.3 is 9.80 Å². The SMILES string of the molecule is CC(C)C(=O)N1Cc2ccnn2C(CC(=O)N2CC(F)(F)C2)C1. The number of hydrogen-bond acceptors (Lipinski definition) is 3. The van der Waals surface area contributed by atoms with Crippen LogP contribution in [-0.2, 0) is 16.1 Å². The highest BCUT2D eigenvalue weighted by atomic mass is 19.3. The highest BCUT2D eigenvalue weighted by molar-refractivity contribution is 5.79. The summed E-state index contributed by atoms with van der Waals surface area (Å²) in [4.78, 5) is 27.3.